The van der Waals surface area contributed by atoms with Crippen LogP contribution in [0, 0.1) is 6.92 Å². The maximum Gasteiger partial charge on any atom is 0.243 e. The number of rotatable bonds is 5. The molecule has 3 aromatic heterocycles. The molecule has 0 aliphatic carbocycles. The van der Waals surface area contributed by atoms with Crippen LogP contribution < -0.4 is 16.6 Å². The third-order valence-electron chi connectivity index (χ3n) is 2.70. The third kappa shape index (κ3) is 3.15. The number of aromatic nitrogens is 5. The van der Waals surface area contributed by atoms with E-state index >= 15 is 0 Å². The fraction of sp³-hybridized carbons (Fsp3) is 0.167. The Balaban J connectivity index is 1.82. The summed E-state index contributed by atoms with van der Waals surface area (Å²) in [6, 6.07) is 4.16. The Kier molecular flexibility index (Phi) is 3.75. The molecule has 0 aromatic carbocycles. The highest BCUT2D eigenvalue weighted by molar-refractivity contribution is 7.11. The molecule has 0 atom stereocenters. The minimum atomic E-state index is 0.290. The van der Waals surface area contributed by atoms with E-state index in [0.29, 0.717) is 24.4 Å². The van der Waals surface area contributed by atoms with Crippen molar-refractivity contribution in [3.8, 4) is 5.95 Å². The monoisotopic (exact) mass is 302 g/mol. The third-order valence-corrected chi connectivity index (χ3v) is 3.71. The minimum Gasteiger partial charge on any atom is -0.349 e. The highest BCUT2D eigenvalue weighted by Gasteiger charge is 2.07. The summed E-state index contributed by atoms with van der Waals surface area (Å²) in [6.07, 6.45) is 5.02. The molecule has 0 amide bonds. The highest BCUT2D eigenvalue weighted by Crippen LogP contribution is 2.16. The van der Waals surface area contributed by atoms with Gasteiger partial charge in [-0.25, -0.2) is 10.8 Å². The van der Waals surface area contributed by atoms with Gasteiger partial charge in [0.2, 0.25) is 17.8 Å². The van der Waals surface area contributed by atoms with E-state index in [1.807, 2.05) is 0 Å². The van der Waals surface area contributed by atoms with Crippen LogP contribution in [-0.4, -0.2) is 24.5 Å². The van der Waals surface area contributed by atoms with Gasteiger partial charge in [0.05, 0.1) is 6.54 Å². The summed E-state index contributed by atoms with van der Waals surface area (Å²) in [5.41, 5.74) is 2.44. The van der Waals surface area contributed by atoms with Gasteiger partial charge in [-0.05, 0) is 19.1 Å². The number of hydrogen-bond acceptors (Lipinski definition) is 8. The quantitative estimate of drug-likeness (QED) is 0.482. The molecule has 3 aromatic rings. The van der Waals surface area contributed by atoms with Crippen molar-refractivity contribution in [1.29, 1.82) is 0 Å². The van der Waals surface area contributed by atoms with Crippen molar-refractivity contribution in [2.45, 2.75) is 13.5 Å². The van der Waals surface area contributed by atoms with Crippen LogP contribution in [0.15, 0.2) is 30.9 Å². The van der Waals surface area contributed by atoms with Crippen molar-refractivity contribution in [1.82, 2.24) is 24.5 Å². The van der Waals surface area contributed by atoms with Crippen molar-refractivity contribution in [2.75, 3.05) is 10.7 Å². The summed E-state index contributed by atoms with van der Waals surface area (Å²) in [5.74, 6) is 6.58. The Labute approximate surface area is 125 Å². The van der Waals surface area contributed by atoms with Crippen LogP contribution >= 0.6 is 11.3 Å². The van der Waals surface area contributed by atoms with E-state index in [0.717, 1.165) is 0 Å². The maximum atomic E-state index is 5.40. The first-order chi connectivity index (χ1) is 10.2. The molecule has 9 heteroatoms. The average molecular weight is 302 g/mol. The summed E-state index contributed by atoms with van der Waals surface area (Å²) >= 11 is 1.73. The number of hydrazine groups is 1. The maximum absolute atomic E-state index is 5.40. The van der Waals surface area contributed by atoms with E-state index < -0.39 is 0 Å². The van der Waals surface area contributed by atoms with Crippen molar-refractivity contribution in [2.24, 2.45) is 5.84 Å². The van der Waals surface area contributed by atoms with Gasteiger partial charge in [-0.3, -0.25) is 9.99 Å². The van der Waals surface area contributed by atoms with Crippen LogP contribution in [-0.2, 0) is 6.54 Å². The standard InChI is InChI=1S/C12H14N8S/c1-8-2-3-9(21-8)6-15-10-16-11(19-13)18-12(17-10)20-5-4-14-7-20/h2-5,7H,6,13H2,1H3,(H2,15,16,17,18,19). The lowest BCUT2D eigenvalue weighted by Crippen LogP contribution is -2.15. The van der Waals surface area contributed by atoms with E-state index in [-0.39, 0.29) is 0 Å². The lowest BCUT2D eigenvalue weighted by molar-refractivity contribution is 0.889. The van der Waals surface area contributed by atoms with Crippen LogP contribution in [0.1, 0.15) is 9.75 Å². The smallest absolute Gasteiger partial charge is 0.243 e. The topological polar surface area (TPSA) is 107 Å². The van der Waals surface area contributed by atoms with Crippen LogP contribution in [0.3, 0.4) is 0 Å². The molecule has 0 spiro atoms. The Morgan fingerprint density at radius 2 is 2.10 bits per heavy atom. The van der Waals surface area contributed by atoms with Gasteiger partial charge < -0.3 is 5.32 Å². The van der Waals surface area contributed by atoms with Crippen LogP contribution in [0.4, 0.5) is 11.9 Å². The molecule has 4 N–H and O–H groups in total. The van der Waals surface area contributed by atoms with Crippen molar-refractivity contribution < 1.29 is 0 Å². The second-order valence-corrected chi connectivity index (χ2v) is 5.64. The first-order valence-corrected chi connectivity index (χ1v) is 7.06. The molecule has 0 aliphatic heterocycles. The summed E-state index contributed by atoms with van der Waals surface area (Å²) in [7, 11) is 0. The van der Waals surface area contributed by atoms with Crippen molar-refractivity contribution in [3.05, 3.63) is 40.6 Å². The van der Waals surface area contributed by atoms with E-state index in [2.05, 4.69) is 49.7 Å². The van der Waals surface area contributed by atoms with Gasteiger partial charge in [-0.2, -0.15) is 15.0 Å². The summed E-state index contributed by atoms with van der Waals surface area (Å²) in [6.45, 7) is 2.72. The number of hydrogen-bond donors (Lipinski definition) is 3. The SMILES string of the molecule is Cc1ccc(CNc2nc(NN)nc(-n3ccnc3)n2)s1. The minimum absolute atomic E-state index is 0.290. The van der Waals surface area contributed by atoms with Gasteiger partial charge in [0.15, 0.2) is 0 Å². The molecule has 0 bridgehead atoms. The summed E-state index contributed by atoms with van der Waals surface area (Å²) in [5, 5.41) is 3.17. The average Bonchev–Trinajstić information content (AvgIpc) is 3.16. The van der Waals surface area contributed by atoms with Gasteiger partial charge in [0.1, 0.15) is 6.33 Å². The summed E-state index contributed by atoms with van der Waals surface area (Å²) in [4.78, 5) is 19.2. The van der Waals surface area contributed by atoms with Crippen molar-refractivity contribution in [3.63, 3.8) is 0 Å². The molecule has 3 rings (SSSR count). The lowest BCUT2D eigenvalue weighted by Gasteiger charge is -2.08. The second-order valence-electron chi connectivity index (χ2n) is 4.26. The molecular weight excluding hydrogens is 288 g/mol. The molecule has 0 saturated heterocycles. The Hall–Kier alpha value is -2.52. The van der Waals surface area contributed by atoms with Gasteiger partial charge in [0.25, 0.3) is 0 Å². The molecular formula is C12H14N8S. The van der Waals surface area contributed by atoms with Gasteiger partial charge in [-0.1, -0.05) is 0 Å². The highest BCUT2D eigenvalue weighted by atomic mass is 32.1. The largest absolute Gasteiger partial charge is 0.349 e. The second kappa shape index (κ2) is 5.85. The number of nitrogens with two attached hydrogens (primary N) is 1. The first kappa shape index (κ1) is 13.5. The fourth-order valence-electron chi connectivity index (χ4n) is 1.75. The molecule has 0 fully saturated rings. The Morgan fingerprint density at radius 3 is 2.76 bits per heavy atom. The molecule has 0 radical (unpaired) electrons. The van der Waals surface area contributed by atoms with Gasteiger partial charge in [-0.15, -0.1) is 11.3 Å². The van der Waals surface area contributed by atoms with Crippen LogP contribution in [0.25, 0.3) is 5.95 Å². The zero-order valence-corrected chi connectivity index (χ0v) is 12.1. The number of anilines is 2. The predicted molar refractivity (Wildman–Crippen MR) is 81.1 cm³/mol. The van der Waals surface area contributed by atoms with E-state index in [4.69, 9.17) is 5.84 Å². The number of nitrogens with zero attached hydrogens (tertiary/aromatic N) is 5. The molecule has 108 valence electrons. The van der Waals surface area contributed by atoms with E-state index in [9.17, 15) is 0 Å². The molecule has 3 heterocycles. The van der Waals surface area contributed by atoms with E-state index in [1.54, 1.807) is 34.6 Å². The molecule has 0 unspecified atom stereocenters. The Bertz CT molecular complexity index is 721. The normalized spacial score (nSPS) is 10.6. The molecule has 8 nitrogen and oxygen atoms in total. The number of imidazole rings is 1. The predicted octanol–water partition coefficient (Wildman–Crippen LogP) is 1.32. The Morgan fingerprint density at radius 1 is 1.24 bits per heavy atom. The van der Waals surface area contributed by atoms with Crippen LogP contribution in [0.5, 0.6) is 0 Å². The van der Waals surface area contributed by atoms with E-state index in [1.165, 1.54) is 9.75 Å². The number of nitrogens with one attached hydrogen (secondary N) is 2. The molecule has 21 heavy (non-hydrogen) atoms. The zero-order valence-electron chi connectivity index (χ0n) is 11.3. The van der Waals surface area contributed by atoms with Gasteiger partial charge >= 0.3 is 0 Å². The molecule has 0 saturated carbocycles. The fourth-order valence-corrected chi connectivity index (χ4v) is 2.58. The lowest BCUT2D eigenvalue weighted by atomic mass is 10.4. The zero-order chi connectivity index (χ0) is 14.7. The first-order valence-electron chi connectivity index (χ1n) is 6.25. The number of nitrogen functional groups attached to an aromatic ring is 1. The number of aryl methyl sites for hydroxylation is 1. The van der Waals surface area contributed by atoms with Crippen molar-refractivity contribution >= 4 is 23.2 Å². The number of thiophene rings is 1. The molecule has 0 aliphatic rings. The van der Waals surface area contributed by atoms with Gasteiger partial charge in [0, 0.05) is 22.1 Å². The summed E-state index contributed by atoms with van der Waals surface area (Å²) < 4.78 is 1.68. The van der Waals surface area contributed by atoms with Crippen LogP contribution in [0.2, 0.25) is 0 Å².